The molecule has 0 aromatic heterocycles. The van der Waals surface area contributed by atoms with Crippen LogP contribution < -0.4 is 0 Å². The molecule has 0 saturated carbocycles. The van der Waals surface area contributed by atoms with Crippen LogP contribution in [0.15, 0.2) is 24.3 Å². The van der Waals surface area contributed by atoms with Crippen LogP contribution in [0.2, 0.25) is 0 Å². The van der Waals surface area contributed by atoms with Gasteiger partial charge in [0.2, 0.25) is 0 Å². The molecule has 0 unspecified atom stereocenters. The first kappa shape index (κ1) is 14.2. The molecule has 0 bridgehead atoms. The van der Waals surface area contributed by atoms with Crippen LogP contribution in [0.5, 0.6) is 0 Å². The lowest BCUT2D eigenvalue weighted by Gasteiger charge is -2.04. The van der Waals surface area contributed by atoms with Gasteiger partial charge in [-0.2, -0.15) is 5.26 Å². The molecule has 0 aliphatic carbocycles. The van der Waals surface area contributed by atoms with E-state index in [0.29, 0.717) is 11.1 Å². The Morgan fingerprint density at radius 3 is 2.72 bits per heavy atom. The van der Waals surface area contributed by atoms with Gasteiger partial charge in [-0.25, -0.2) is 8.42 Å². The quantitative estimate of drug-likeness (QED) is 0.839. The first-order valence-corrected chi connectivity index (χ1v) is 7.16. The van der Waals surface area contributed by atoms with Crippen LogP contribution in [-0.4, -0.2) is 25.2 Å². The van der Waals surface area contributed by atoms with Crippen LogP contribution in [0.1, 0.15) is 24.0 Å². The Morgan fingerprint density at radius 1 is 1.39 bits per heavy atom. The fourth-order valence-corrected chi connectivity index (χ4v) is 2.92. The average molecular weight is 267 g/mol. The number of nitriles is 1. The largest absolute Gasteiger partial charge is 0.481 e. The number of rotatable bonds is 6. The van der Waals surface area contributed by atoms with E-state index in [4.69, 9.17) is 10.4 Å². The molecule has 18 heavy (non-hydrogen) atoms. The predicted molar refractivity (Wildman–Crippen MR) is 65.5 cm³/mol. The second-order valence-electron chi connectivity index (χ2n) is 3.90. The summed E-state index contributed by atoms with van der Waals surface area (Å²) in [6.45, 7) is 0. The lowest BCUT2D eigenvalue weighted by molar-refractivity contribution is -0.137. The summed E-state index contributed by atoms with van der Waals surface area (Å²) >= 11 is 0. The normalized spacial score (nSPS) is 10.8. The highest BCUT2D eigenvalue weighted by molar-refractivity contribution is 7.90. The van der Waals surface area contributed by atoms with Gasteiger partial charge in [0.1, 0.15) is 0 Å². The number of aliphatic carboxylic acids is 1. The highest BCUT2D eigenvalue weighted by Gasteiger charge is 2.13. The molecule has 0 spiro atoms. The third kappa shape index (κ3) is 4.97. The summed E-state index contributed by atoms with van der Waals surface area (Å²) in [5.41, 5.74) is 0.956. The number of nitrogens with zero attached hydrogens (tertiary/aromatic N) is 1. The van der Waals surface area contributed by atoms with E-state index in [1.807, 2.05) is 6.07 Å². The summed E-state index contributed by atoms with van der Waals surface area (Å²) in [5, 5.41) is 17.1. The molecule has 0 radical (unpaired) electrons. The van der Waals surface area contributed by atoms with Gasteiger partial charge in [0.05, 0.1) is 23.1 Å². The minimum atomic E-state index is -3.33. The van der Waals surface area contributed by atoms with E-state index in [1.54, 1.807) is 18.2 Å². The molecule has 1 N–H and O–H groups in total. The zero-order valence-electron chi connectivity index (χ0n) is 9.67. The molecule has 0 atom stereocenters. The molecule has 5 nitrogen and oxygen atoms in total. The first-order chi connectivity index (χ1) is 8.43. The number of sulfone groups is 1. The van der Waals surface area contributed by atoms with Crippen molar-refractivity contribution in [1.82, 2.24) is 0 Å². The molecule has 1 rings (SSSR count). The smallest absolute Gasteiger partial charge is 0.303 e. The van der Waals surface area contributed by atoms with E-state index in [1.165, 1.54) is 6.07 Å². The van der Waals surface area contributed by atoms with Crippen LogP contribution in [-0.2, 0) is 20.4 Å². The van der Waals surface area contributed by atoms with Crippen molar-refractivity contribution in [2.45, 2.75) is 18.6 Å². The molecule has 96 valence electrons. The van der Waals surface area contributed by atoms with Crippen molar-refractivity contribution in [2.24, 2.45) is 0 Å². The van der Waals surface area contributed by atoms with Gasteiger partial charge in [0.25, 0.3) is 0 Å². The van der Waals surface area contributed by atoms with Crippen molar-refractivity contribution < 1.29 is 18.3 Å². The standard InChI is InChI=1S/C12H13NO4S/c13-8-10-3-1-4-11(7-10)9-18(16,17)6-2-5-12(14)15/h1,3-4,7H,2,5-6,9H2,(H,14,15). The minimum Gasteiger partial charge on any atom is -0.481 e. The Bertz CT molecular complexity index is 572. The topological polar surface area (TPSA) is 95.2 Å². The van der Waals surface area contributed by atoms with Gasteiger partial charge in [0, 0.05) is 6.42 Å². The van der Waals surface area contributed by atoms with Gasteiger partial charge in [-0.05, 0) is 24.1 Å². The van der Waals surface area contributed by atoms with Gasteiger partial charge in [-0.15, -0.1) is 0 Å². The second-order valence-corrected chi connectivity index (χ2v) is 6.09. The maximum absolute atomic E-state index is 11.7. The second kappa shape index (κ2) is 6.17. The zero-order chi connectivity index (χ0) is 13.6. The Balaban J connectivity index is 2.65. The molecule has 0 amide bonds. The summed E-state index contributed by atoms with van der Waals surface area (Å²) in [6, 6.07) is 8.32. The van der Waals surface area contributed by atoms with E-state index >= 15 is 0 Å². The zero-order valence-corrected chi connectivity index (χ0v) is 10.5. The molecule has 0 fully saturated rings. The number of hydrogen-bond acceptors (Lipinski definition) is 4. The molecule has 1 aromatic carbocycles. The van der Waals surface area contributed by atoms with E-state index < -0.39 is 15.8 Å². The third-order valence-corrected chi connectivity index (χ3v) is 3.97. The van der Waals surface area contributed by atoms with Crippen LogP contribution in [0.4, 0.5) is 0 Å². The Kier molecular flexibility index (Phi) is 4.86. The third-order valence-electron chi connectivity index (χ3n) is 2.29. The number of benzene rings is 1. The maximum atomic E-state index is 11.7. The van der Waals surface area contributed by atoms with Crippen molar-refractivity contribution in [1.29, 1.82) is 5.26 Å². The Hall–Kier alpha value is -1.87. The van der Waals surface area contributed by atoms with Gasteiger partial charge in [0.15, 0.2) is 9.84 Å². The summed E-state index contributed by atoms with van der Waals surface area (Å²) in [7, 11) is -3.33. The van der Waals surface area contributed by atoms with Crippen LogP contribution in [0, 0.1) is 11.3 Å². The maximum Gasteiger partial charge on any atom is 0.303 e. The van der Waals surface area contributed by atoms with Crippen molar-refractivity contribution in [3.63, 3.8) is 0 Å². The van der Waals surface area contributed by atoms with Crippen molar-refractivity contribution >= 4 is 15.8 Å². The monoisotopic (exact) mass is 267 g/mol. The molecule has 0 saturated heterocycles. The molecule has 0 aliphatic heterocycles. The van der Waals surface area contributed by atoms with E-state index in [9.17, 15) is 13.2 Å². The number of carboxylic acids is 1. The summed E-state index contributed by atoms with van der Waals surface area (Å²) < 4.78 is 23.4. The average Bonchev–Trinajstić information content (AvgIpc) is 2.27. The van der Waals surface area contributed by atoms with Gasteiger partial charge >= 0.3 is 5.97 Å². The lowest BCUT2D eigenvalue weighted by Crippen LogP contribution is -2.11. The first-order valence-electron chi connectivity index (χ1n) is 5.34. The fraction of sp³-hybridized carbons (Fsp3) is 0.333. The van der Waals surface area contributed by atoms with Crippen molar-refractivity contribution in [2.75, 3.05) is 5.75 Å². The number of carbonyl (C=O) groups is 1. The van der Waals surface area contributed by atoms with Crippen molar-refractivity contribution in [3.05, 3.63) is 35.4 Å². The number of carboxylic acid groups (broad SMARTS) is 1. The molecular formula is C12H13NO4S. The van der Waals surface area contributed by atoms with Gasteiger partial charge in [-0.1, -0.05) is 12.1 Å². The molecular weight excluding hydrogens is 254 g/mol. The molecule has 6 heteroatoms. The van der Waals surface area contributed by atoms with E-state index in [-0.39, 0.29) is 24.3 Å². The SMILES string of the molecule is N#Cc1cccc(CS(=O)(=O)CCCC(=O)O)c1. The van der Waals surface area contributed by atoms with E-state index in [2.05, 4.69) is 0 Å². The Labute approximate surface area is 106 Å². The van der Waals surface area contributed by atoms with Gasteiger partial charge in [-0.3, -0.25) is 4.79 Å². The molecule has 1 aromatic rings. The summed E-state index contributed by atoms with van der Waals surface area (Å²) in [5.74, 6) is -1.32. The van der Waals surface area contributed by atoms with Gasteiger partial charge < -0.3 is 5.11 Å². The minimum absolute atomic E-state index is 0.107. The highest BCUT2D eigenvalue weighted by atomic mass is 32.2. The van der Waals surface area contributed by atoms with Crippen LogP contribution in [0.25, 0.3) is 0 Å². The number of hydrogen-bond donors (Lipinski definition) is 1. The summed E-state index contributed by atoms with van der Waals surface area (Å²) in [6.07, 6.45) is -0.0485. The predicted octanol–water partition coefficient (Wildman–Crippen LogP) is 1.34. The summed E-state index contributed by atoms with van der Waals surface area (Å²) in [4.78, 5) is 10.3. The van der Waals surface area contributed by atoms with Crippen LogP contribution >= 0.6 is 0 Å². The van der Waals surface area contributed by atoms with Crippen molar-refractivity contribution in [3.8, 4) is 6.07 Å². The molecule has 0 heterocycles. The fourth-order valence-electron chi connectivity index (χ4n) is 1.50. The van der Waals surface area contributed by atoms with Crippen LogP contribution in [0.3, 0.4) is 0 Å². The lowest BCUT2D eigenvalue weighted by atomic mass is 10.2. The highest BCUT2D eigenvalue weighted by Crippen LogP contribution is 2.10. The van der Waals surface area contributed by atoms with E-state index in [0.717, 1.165) is 0 Å². The Morgan fingerprint density at radius 2 is 2.11 bits per heavy atom. The molecule has 0 aliphatic rings.